The molecule has 4 heteroatoms. The van der Waals surface area contributed by atoms with E-state index in [1.54, 1.807) is 25.3 Å². The average Bonchev–Trinajstić information content (AvgIpc) is 2.47. The summed E-state index contributed by atoms with van der Waals surface area (Å²) in [5, 5.41) is 0.684. The number of fused-ring (bicyclic) bond motifs is 1. The molecule has 0 fully saturated rings. The van der Waals surface area contributed by atoms with Crippen LogP contribution in [0.3, 0.4) is 0 Å². The number of benzene rings is 2. The summed E-state index contributed by atoms with van der Waals surface area (Å²) in [5.74, 6) is 1.33. The van der Waals surface area contributed by atoms with Crippen LogP contribution in [0.2, 0.25) is 5.02 Å². The van der Waals surface area contributed by atoms with E-state index in [0.717, 1.165) is 11.1 Å². The zero-order chi connectivity index (χ0) is 15.0. The second kappa shape index (κ2) is 5.41. The molecule has 0 radical (unpaired) electrons. The molecule has 2 aromatic rings. The maximum atomic E-state index is 12.4. The highest BCUT2D eigenvalue weighted by atomic mass is 35.5. The molecular formula is C17H15ClO3. The molecular weight excluding hydrogens is 288 g/mol. The van der Waals surface area contributed by atoms with Crippen molar-refractivity contribution in [1.82, 2.24) is 0 Å². The highest BCUT2D eigenvalue weighted by Gasteiger charge is 2.28. The van der Waals surface area contributed by atoms with Crippen LogP contribution in [-0.2, 0) is 0 Å². The van der Waals surface area contributed by atoms with E-state index < -0.39 is 0 Å². The van der Waals surface area contributed by atoms with Gasteiger partial charge in [-0.2, -0.15) is 0 Å². The molecule has 0 spiro atoms. The number of aryl methyl sites for hydroxylation is 1. The highest BCUT2D eigenvalue weighted by Crippen LogP contribution is 2.37. The Morgan fingerprint density at radius 1 is 1.24 bits per heavy atom. The van der Waals surface area contributed by atoms with Gasteiger partial charge in [0, 0.05) is 5.02 Å². The van der Waals surface area contributed by atoms with E-state index in [-0.39, 0.29) is 11.9 Å². The molecule has 21 heavy (non-hydrogen) atoms. The summed E-state index contributed by atoms with van der Waals surface area (Å²) in [5.41, 5.74) is 2.60. The van der Waals surface area contributed by atoms with Crippen molar-refractivity contribution in [2.45, 2.75) is 19.4 Å². The summed E-state index contributed by atoms with van der Waals surface area (Å²) in [6, 6.07) is 10.9. The zero-order valence-electron chi connectivity index (χ0n) is 11.9. The van der Waals surface area contributed by atoms with Gasteiger partial charge in [-0.3, -0.25) is 4.79 Å². The van der Waals surface area contributed by atoms with Crippen molar-refractivity contribution in [3.05, 3.63) is 58.1 Å². The summed E-state index contributed by atoms with van der Waals surface area (Å²) < 4.78 is 11.1. The van der Waals surface area contributed by atoms with Gasteiger partial charge in [-0.1, -0.05) is 17.7 Å². The first kappa shape index (κ1) is 14.0. The first-order chi connectivity index (χ1) is 10.1. The van der Waals surface area contributed by atoms with E-state index in [0.29, 0.717) is 28.5 Å². The van der Waals surface area contributed by atoms with Crippen LogP contribution in [0.25, 0.3) is 0 Å². The Bertz CT molecular complexity index is 709. The van der Waals surface area contributed by atoms with Crippen LogP contribution >= 0.6 is 11.6 Å². The van der Waals surface area contributed by atoms with Crippen molar-refractivity contribution >= 4 is 17.4 Å². The van der Waals surface area contributed by atoms with Crippen molar-refractivity contribution in [3.8, 4) is 11.5 Å². The second-order valence-electron chi connectivity index (χ2n) is 5.10. The van der Waals surface area contributed by atoms with Crippen molar-refractivity contribution in [2.24, 2.45) is 0 Å². The lowest BCUT2D eigenvalue weighted by atomic mass is 9.94. The van der Waals surface area contributed by atoms with E-state index in [2.05, 4.69) is 0 Å². The second-order valence-corrected chi connectivity index (χ2v) is 5.53. The maximum Gasteiger partial charge on any atom is 0.170 e. The minimum absolute atomic E-state index is 0.0644. The number of carbonyl (C=O) groups is 1. The highest BCUT2D eigenvalue weighted by molar-refractivity contribution is 6.30. The average molecular weight is 303 g/mol. The van der Waals surface area contributed by atoms with Crippen molar-refractivity contribution in [3.63, 3.8) is 0 Å². The van der Waals surface area contributed by atoms with Crippen molar-refractivity contribution < 1.29 is 14.3 Å². The molecule has 0 saturated heterocycles. The van der Waals surface area contributed by atoms with Crippen LogP contribution in [0.1, 0.15) is 34.0 Å². The van der Waals surface area contributed by atoms with Crippen LogP contribution in [0, 0.1) is 6.92 Å². The number of rotatable bonds is 2. The minimum atomic E-state index is -0.268. The summed E-state index contributed by atoms with van der Waals surface area (Å²) >= 11 is 5.98. The maximum absolute atomic E-state index is 12.4. The fourth-order valence-corrected chi connectivity index (χ4v) is 2.83. The number of hydrogen-bond acceptors (Lipinski definition) is 3. The minimum Gasteiger partial charge on any atom is -0.497 e. The molecule has 0 aromatic heterocycles. The molecule has 0 amide bonds. The molecule has 1 unspecified atom stereocenters. The van der Waals surface area contributed by atoms with E-state index >= 15 is 0 Å². The molecule has 108 valence electrons. The Balaban J connectivity index is 1.96. The first-order valence-electron chi connectivity index (χ1n) is 6.72. The Morgan fingerprint density at radius 2 is 2.05 bits per heavy atom. The lowest BCUT2D eigenvalue weighted by molar-refractivity contribution is 0.0848. The zero-order valence-corrected chi connectivity index (χ0v) is 12.6. The van der Waals surface area contributed by atoms with Gasteiger partial charge in [-0.25, -0.2) is 0 Å². The number of Topliss-reactive ketones (excluding diaryl/α,β-unsaturated/α-hetero) is 1. The normalized spacial score (nSPS) is 17.1. The van der Waals surface area contributed by atoms with Crippen molar-refractivity contribution in [1.29, 1.82) is 0 Å². The predicted molar refractivity (Wildman–Crippen MR) is 81.5 cm³/mol. The number of halogens is 1. The largest absolute Gasteiger partial charge is 0.497 e. The van der Waals surface area contributed by atoms with Gasteiger partial charge in [-0.15, -0.1) is 0 Å². The standard InChI is InChI=1S/C17H15ClO3/c1-10-7-11(18)3-5-13(10)17-9-15(19)14-8-12(20-2)4-6-16(14)21-17/h3-8,17H,9H2,1-2H3. The predicted octanol–water partition coefficient (Wildman–Crippen LogP) is 4.36. The lowest BCUT2D eigenvalue weighted by Crippen LogP contribution is -2.21. The topological polar surface area (TPSA) is 35.5 Å². The van der Waals surface area contributed by atoms with Crippen LogP contribution in [0.4, 0.5) is 0 Å². The van der Waals surface area contributed by atoms with Gasteiger partial charge in [0.2, 0.25) is 0 Å². The number of ketones is 1. The Hall–Kier alpha value is -2.00. The van der Waals surface area contributed by atoms with Gasteiger partial charge < -0.3 is 9.47 Å². The van der Waals surface area contributed by atoms with E-state index in [4.69, 9.17) is 21.1 Å². The fraction of sp³-hybridized carbons (Fsp3) is 0.235. The van der Waals surface area contributed by atoms with Gasteiger partial charge in [0.25, 0.3) is 0 Å². The van der Waals surface area contributed by atoms with Gasteiger partial charge in [0.1, 0.15) is 17.6 Å². The molecule has 3 rings (SSSR count). The number of carbonyl (C=O) groups excluding carboxylic acids is 1. The van der Waals surface area contributed by atoms with Crippen LogP contribution < -0.4 is 9.47 Å². The van der Waals surface area contributed by atoms with Gasteiger partial charge in [0.05, 0.1) is 19.1 Å². The summed E-state index contributed by atoms with van der Waals surface area (Å²) in [4.78, 5) is 12.4. The molecule has 1 aliphatic rings. The third kappa shape index (κ3) is 2.61. The summed E-state index contributed by atoms with van der Waals surface area (Å²) in [6.07, 6.45) is 0.0542. The van der Waals surface area contributed by atoms with E-state index in [1.807, 2.05) is 25.1 Å². The summed E-state index contributed by atoms with van der Waals surface area (Å²) in [7, 11) is 1.58. The molecule has 3 nitrogen and oxygen atoms in total. The first-order valence-corrected chi connectivity index (χ1v) is 7.10. The van der Waals surface area contributed by atoms with E-state index in [9.17, 15) is 4.79 Å². The molecule has 2 aromatic carbocycles. The number of methoxy groups -OCH3 is 1. The monoisotopic (exact) mass is 302 g/mol. The summed E-state index contributed by atoms with van der Waals surface area (Å²) in [6.45, 7) is 1.97. The van der Waals surface area contributed by atoms with E-state index in [1.165, 1.54) is 0 Å². The SMILES string of the molecule is COc1ccc2c(c1)C(=O)CC(c1ccc(Cl)cc1C)O2. The Labute approximate surface area is 128 Å². The molecule has 0 N–H and O–H groups in total. The van der Waals surface area contributed by atoms with Gasteiger partial charge in [-0.05, 0) is 48.4 Å². The van der Waals surface area contributed by atoms with Crippen LogP contribution in [0.15, 0.2) is 36.4 Å². The van der Waals surface area contributed by atoms with Gasteiger partial charge >= 0.3 is 0 Å². The third-order valence-electron chi connectivity index (χ3n) is 3.71. The Morgan fingerprint density at radius 3 is 2.76 bits per heavy atom. The fourth-order valence-electron chi connectivity index (χ4n) is 2.60. The van der Waals surface area contributed by atoms with Crippen LogP contribution in [-0.4, -0.2) is 12.9 Å². The number of hydrogen-bond donors (Lipinski definition) is 0. The smallest absolute Gasteiger partial charge is 0.170 e. The molecule has 0 saturated carbocycles. The number of ether oxygens (including phenoxy) is 2. The molecule has 1 aliphatic heterocycles. The van der Waals surface area contributed by atoms with Crippen molar-refractivity contribution in [2.75, 3.05) is 7.11 Å². The third-order valence-corrected chi connectivity index (χ3v) is 3.94. The van der Waals surface area contributed by atoms with Crippen LogP contribution in [0.5, 0.6) is 11.5 Å². The molecule has 1 atom stereocenters. The molecule has 0 aliphatic carbocycles. The quantitative estimate of drug-likeness (QED) is 0.826. The molecule has 0 bridgehead atoms. The van der Waals surface area contributed by atoms with Gasteiger partial charge in [0.15, 0.2) is 5.78 Å². The lowest BCUT2D eigenvalue weighted by Gasteiger charge is -2.27. The molecule has 1 heterocycles. The Kier molecular flexibility index (Phi) is 3.60.